The van der Waals surface area contributed by atoms with Crippen molar-refractivity contribution < 1.29 is 14.3 Å². The summed E-state index contributed by atoms with van der Waals surface area (Å²) >= 11 is 11.9. The molecule has 0 atom stereocenters. The second-order valence-electron chi connectivity index (χ2n) is 5.57. The zero-order valence-electron chi connectivity index (χ0n) is 14.6. The average molecular weight is 407 g/mol. The van der Waals surface area contributed by atoms with E-state index in [1.165, 1.54) is 20.5 Å². The first-order valence-electron chi connectivity index (χ1n) is 7.86. The highest BCUT2D eigenvalue weighted by Gasteiger charge is 2.12. The van der Waals surface area contributed by atoms with Crippen molar-refractivity contribution in [1.82, 2.24) is 14.8 Å². The Kier molecular flexibility index (Phi) is 5.83. The number of hydrogen-bond donors (Lipinski definition) is 1. The zero-order chi connectivity index (χ0) is 19.4. The van der Waals surface area contributed by atoms with Crippen LogP contribution in [0.1, 0.15) is 15.9 Å². The van der Waals surface area contributed by atoms with Crippen LogP contribution in [0.25, 0.3) is 0 Å². The third kappa shape index (κ3) is 4.69. The van der Waals surface area contributed by atoms with E-state index in [9.17, 15) is 4.79 Å². The van der Waals surface area contributed by atoms with E-state index >= 15 is 0 Å². The minimum absolute atomic E-state index is 0.182. The van der Waals surface area contributed by atoms with Crippen LogP contribution in [0, 0.1) is 0 Å². The minimum Gasteiger partial charge on any atom is -0.497 e. The summed E-state index contributed by atoms with van der Waals surface area (Å²) in [5.41, 5.74) is 1.27. The summed E-state index contributed by atoms with van der Waals surface area (Å²) in [4.78, 5) is 16.6. The fourth-order valence-electron chi connectivity index (χ4n) is 2.37. The molecule has 140 valence electrons. The molecule has 7 nitrogen and oxygen atoms in total. The smallest absolute Gasteiger partial charge is 0.258 e. The molecule has 1 N–H and O–H groups in total. The number of amides is 1. The number of carbonyl (C=O) groups is 1. The van der Waals surface area contributed by atoms with Gasteiger partial charge in [0.15, 0.2) is 0 Å². The number of nitrogens with one attached hydrogen (secondary N) is 1. The fraction of sp³-hybridized carbons (Fsp3) is 0.167. The predicted octanol–water partition coefficient (Wildman–Crippen LogP) is 3.90. The lowest BCUT2D eigenvalue weighted by Gasteiger charge is -2.07. The normalized spacial score (nSPS) is 10.5. The maximum atomic E-state index is 12.5. The average Bonchev–Trinajstić information content (AvgIpc) is 3.10. The Morgan fingerprint density at radius 2 is 1.78 bits per heavy atom. The lowest BCUT2D eigenvalue weighted by molar-refractivity contribution is 0.102. The highest BCUT2D eigenvalue weighted by molar-refractivity contribution is 6.42. The number of halogens is 2. The number of rotatable bonds is 6. The monoisotopic (exact) mass is 406 g/mol. The van der Waals surface area contributed by atoms with Crippen molar-refractivity contribution in [3.05, 3.63) is 63.9 Å². The Morgan fingerprint density at radius 3 is 2.41 bits per heavy atom. The number of nitrogens with zero attached hydrogens (tertiary/aromatic N) is 3. The Hall–Kier alpha value is -2.77. The van der Waals surface area contributed by atoms with Gasteiger partial charge in [-0.15, -0.1) is 5.10 Å². The predicted molar refractivity (Wildman–Crippen MR) is 103 cm³/mol. The van der Waals surface area contributed by atoms with Crippen LogP contribution in [-0.2, 0) is 6.54 Å². The fourth-order valence-corrected chi connectivity index (χ4v) is 2.69. The molecule has 0 aliphatic rings. The van der Waals surface area contributed by atoms with Crippen molar-refractivity contribution >= 4 is 35.1 Å². The number of methoxy groups -OCH3 is 2. The van der Waals surface area contributed by atoms with Crippen LogP contribution >= 0.6 is 23.2 Å². The Bertz CT molecular complexity index is 953. The summed E-state index contributed by atoms with van der Waals surface area (Å²) in [6.45, 7) is 0.437. The van der Waals surface area contributed by atoms with Gasteiger partial charge in [0.25, 0.3) is 5.91 Å². The molecular formula is C18H16Cl2N4O3. The van der Waals surface area contributed by atoms with Crippen LogP contribution in [0.15, 0.2) is 42.7 Å². The number of anilines is 1. The van der Waals surface area contributed by atoms with Crippen LogP contribution < -0.4 is 14.8 Å². The molecule has 0 radical (unpaired) electrons. The van der Waals surface area contributed by atoms with E-state index in [2.05, 4.69) is 15.4 Å². The molecule has 0 fully saturated rings. The molecule has 1 heterocycles. The molecule has 1 amide bonds. The summed E-state index contributed by atoms with van der Waals surface area (Å²) in [7, 11) is 3.03. The molecule has 0 saturated heterocycles. The molecule has 0 aliphatic heterocycles. The van der Waals surface area contributed by atoms with Gasteiger partial charge in [-0.05, 0) is 29.8 Å². The number of carbonyl (C=O) groups excluding carboxylic acids is 1. The standard InChI is InChI=1S/C18H16Cl2N4O3/c1-26-13-6-12(7-14(8-13)27-2)17(25)22-18-21-10-24(23-18)9-11-3-4-15(19)16(20)5-11/h3-8,10H,9H2,1-2H3,(H,22,23,25). The van der Waals surface area contributed by atoms with Crippen molar-refractivity contribution in [3.8, 4) is 11.5 Å². The van der Waals surface area contributed by atoms with Gasteiger partial charge in [-0.1, -0.05) is 29.3 Å². The van der Waals surface area contributed by atoms with Gasteiger partial charge in [-0.25, -0.2) is 9.67 Å². The largest absolute Gasteiger partial charge is 0.497 e. The van der Waals surface area contributed by atoms with E-state index < -0.39 is 0 Å². The van der Waals surface area contributed by atoms with Crippen LogP contribution in [0.3, 0.4) is 0 Å². The molecule has 1 aromatic heterocycles. The van der Waals surface area contributed by atoms with Crippen molar-refractivity contribution in [3.63, 3.8) is 0 Å². The molecule has 9 heteroatoms. The lowest BCUT2D eigenvalue weighted by Crippen LogP contribution is -2.14. The second kappa shape index (κ2) is 8.28. The van der Waals surface area contributed by atoms with Crippen molar-refractivity contribution in [1.29, 1.82) is 0 Å². The Labute approximate surface area is 165 Å². The van der Waals surface area contributed by atoms with Gasteiger partial charge < -0.3 is 9.47 Å². The van der Waals surface area contributed by atoms with Crippen molar-refractivity contribution in [2.24, 2.45) is 0 Å². The Morgan fingerprint density at radius 1 is 1.07 bits per heavy atom. The topological polar surface area (TPSA) is 78.3 Å². The van der Waals surface area contributed by atoms with Crippen molar-refractivity contribution in [2.45, 2.75) is 6.54 Å². The number of aromatic nitrogens is 3. The molecular weight excluding hydrogens is 391 g/mol. The van der Waals surface area contributed by atoms with Crippen LogP contribution in [0.2, 0.25) is 10.0 Å². The van der Waals surface area contributed by atoms with E-state index in [0.29, 0.717) is 33.7 Å². The molecule has 0 unspecified atom stereocenters. The first kappa shape index (κ1) is 19.0. The molecule has 2 aromatic carbocycles. The van der Waals surface area contributed by atoms with Crippen molar-refractivity contribution in [2.75, 3.05) is 19.5 Å². The van der Waals surface area contributed by atoms with Gasteiger partial charge in [0.2, 0.25) is 5.95 Å². The van der Waals surface area contributed by atoms with E-state index in [4.69, 9.17) is 32.7 Å². The third-order valence-corrected chi connectivity index (χ3v) is 4.44. The Balaban J connectivity index is 1.71. The van der Waals surface area contributed by atoms with E-state index in [1.54, 1.807) is 35.0 Å². The SMILES string of the molecule is COc1cc(OC)cc(C(=O)Nc2ncn(Cc3ccc(Cl)c(Cl)c3)n2)c1. The summed E-state index contributed by atoms with van der Waals surface area (Å²) in [5.74, 6) is 0.830. The highest BCUT2D eigenvalue weighted by atomic mass is 35.5. The van der Waals surface area contributed by atoms with Crippen LogP contribution in [0.4, 0.5) is 5.95 Å². The van der Waals surface area contributed by atoms with E-state index in [1.807, 2.05) is 6.07 Å². The quantitative estimate of drug-likeness (QED) is 0.671. The minimum atomic E-state index is -0.375. The maximum Gasteiger partial charge on any atom is 0.258 e. The molecule has 0 bridgehead atoms. The van der Waals surface area contributed by atoms with Gasteiger partial charge in [0.05, 0.1) is 30.8 Å². The van der Waals surface area contributed by atoms with E-state index in [0.717, 1.165) is 5.56 Å². The lowest BCUT2D eigenvalue weighted by atomic mass is 10.2. The first-order valence-corrected chi connectivity index (χ1v) is 8.62. The van der Waals surface area contributed by atoms with Gasteiger partial charge >= 0.3 is 0 Å². The maximum absolute atomic E-state index is 12.5. The third-order valence-electron chi connectivity index (χ3n) is 3.70. The number of ether oxygens (including phenoxy) is 2. The van der Waals surface area contributed by atoms with Gasteiger partial charge in [0.1, 0.15) is 17.8 Å². The second-order valence-corrected chi connectivity index (χ2v) is 6.38. The van der Waals surface area contributed by atoms with Gasteiger partial charge in [0, 0.05) is 11.6 Å². The summed E-state index contributed by atoms with van der Waals surface area (Å²) in [5, 5.41) is 7.84. The molecule has 0 aliphatic carbocycles. The molecule has 0 saturated carbocycles. The zero-order valence-corrected chi connectivity index (χ0v) is 16.1. The molecule has 0 spiro atoms. The van der Waals surface area contributed by atoms with Crippen LogP contribution in [-0.4, -0.2) is 34.9 Å². The molecule has 27 heavy (non-hydrogen) atoms. The summed E-state index contributed by atoms with van der Waals surface area (Å²) < 4.78 is 11.9. The number of hydrogen-bond acceptors (Lipinski definition) is 5. The molecule has 3 rings (SSSR count). The van der Waals surface area contributed by atoms with Gasteiger partial charge in [-0.3, -0.25) is 10.1 Å². The highest BCUT2D eigenvalue weighted by Crippen LogP contribution is 2.24. The summed E-state index contributed by atoms with van der Waals surface area (Å²) in [6.07, 6.45) is 1.52. The van der Waals surface area contributed by atoms with Gasteiger partial charge in [-0.2, -0.15) is 0 Å². The van der Waals surface area contributed by atoms with E-state index in [-0.39, 0.29) is 11.9 Å². The first-order chi connectivity index (χ1) is 13.0. The summed E-state index contributed by atoms with van der Waals surface area (Å²) in [6, 6.07) is 10.2. The number of benzene rings is 2. The molecule has 3 aromatic rings. The van der Waals surface area contributed by atoms with Crippen LogP contribution in [0.5, 0.6) is 11.5 Å².